The van der Waals surface area contributed by atoms with Gasteiger partial charge in [-0.3, -0.25) is 0 Å². The Bertz CT molecular complexity index is 329. The first kappa shape index (κ1) is 9.50. The minimum atomic E-state index is 0.572. The Balaban J connectivity index is 2.11. The summed E-state index contributed by atoms with van der Waals surface area (Å²) in [5.41, 5.74) is 2.59. The third-order valence-electron chi connectivity index (χ3n) is 3.17. The van der Waals surface area contributed by atoms with Crippen LogP contribution in [-0.2, 0) is 0 Å². The lowest BCUT2D eigenvalue weighted by Crippen LogP contribution is -2.19. The summed E-state index contributed by atoms with van der Waals surface area (Å²) in [5.74, 6) is 1.93. The van der Waals surface area contributed by atoms with Gasteiger partial charge in [0.25, 0.3) is 0 Å². The summed E-state index contributed by atoms with van der Waals surface area (Å²) in [4.78, 5) is 4.38. The zero-order valence-corrected chi connectivity index (χ0v) is 9.17. The number of aryl methyl sites for hydroxylation is 1. The van der Waals surface area contributed by atoms with Gasteiger partial charge in [-0.25, -0.2) is 4.98 Å². The molecule has 1 aromatic rings. The standard InChI is InChI=1S/C12H18N2/c1-8-6-7-13-12(9(8)2)14-10(3)11-4-5-11/h6-7,10-11H,4-5H2,1-3H3,(H,13,14). The maximum Gasteiger partial charge on any atom is 0.129 e. The van der Waals surface area contributed by atoms with E-state index in [4.69, 9.17) is 0 Å². The molecule has 0 spiro atoms. The highest BCUT2D eigenvalue weighted by Gasteiger charge is 2.28. The van der Waals surface area contributed by atoms with Crippen molar-refractivity contribution in [3.63, 3.8) is 0 Å². The third kappa shape index (κ3) is 1.89. The molecule has 0 radical (unpaired) electrons. The van der Waals surface area contributed by atoms with Crippen LogP contribution in [0.15, 0.2) is 12.3 Å². The van der Waals surface area contributed by atoms with E-state index in [1.807, 2.05) is 6.20 Å². The van der Waals surface area contributed by atoms with Gasteiger partial charge < -0.3 is 5.32 Å². The fourth-order valence-electron chi connectivity index (χ4n) is 1.71. The van der Waals surface area contributed by atoms with Crippen LogP contribution in [0.25, 0.3) is 0 Å². The Morgan fingerprint density at radius 2 is 2.14 bits per heavy atom. The van der Waals surface area contributed by atoms with Crippen LogP contribution in [0.2, 0.25) is 0 Å². The van der Waals surface area contributed by atoms with Crippen molar-refractivity contribution in [1.29, 1.82) is 0 Å². The summed E-state index contributed by atoms with van der Waals surface area (Å²) in [6.07, 6.45) is 4.63. The molecular weight excluding hydrogens is 172 g/mol. The molecule has 0 aromatic carbocycles. The minimum Gasteiger partial charge on any atom is -0.367 e. The molecule has 1 aliphatic carbocycles. The maximum atomic E-state index is 4.38. The number of nitrogens with zero attached hydrogens (tertiary/aromatic N) is 1. The second kappa shape index (κ2) is 3.60. The van der Waals surface area contributed by atoms with E-state index < -0.39 is 0 Å². The normalized spacial score (nSPS) is 17.9. The third-order valence-corrected chi connectivity index (χ3v) is 3.17. The molecule has 14 heavy (non-hydrogen) atoms. The topological polar surface area (TPSA) is 24.9 Å². The molecule has 1 fully saturated rings. The molecule has 0 saturated heterocycles. The number of anilines is 1. The highest BCUT2D eigenvalue weighted by atomic mass is 15.0. The van der Waals surface area contributed by atoms with E-state index >= 15 is 0 Å². The first-order chi connectivity index (χ1) is 6.68. The van der Waals surface area contributed by atoms with E-state index in [1.54, 1.807) is 0 Å². The lowest BCUT2D eigenvalue weighted by atomic mass is 10.1. The molecule has 1 atom stereocenters. The molecule has 1 unspecified atom stereocenters. The van der Waals surface area contributed by atoms with Gasteiger partial charge in [-0.1, -0.05) is 0 Å². The van der Waals surface area contributed by atoms with Crippen molar-refractivity contribution in [2.24, 2.45) is 5.92 Å². The summed E-state index contributed by atoms with van der Waals surface area (Å²) in [6.45, 7) is 6.51. The fourth-order valence-corrected chi connectivity index (χ4v) is 1.71. The van der Waals surface area contributed by atoms with E-state index in [0.29, 0.717) is 6.04 Å². The van der Waals surface area contributed by atoms with Gasteiger partial charge in [-0.05, 0) is 56.7 Å². The summed E-state index contributed by atoms with van der Waals surface area (Å²) in [5, 5.41) is 3.50. The zero-order chi connectivity index (χ0) is 10.1. The predicted octanol–water partition coefficient (Wildman–Crippen LogP) is 2.91. The predicted molar refractivity (Wildman–Crippen MR) is 59.5 cm³/mol. The lowest BCUT2D eigenvalue weighted by Gasteiger charge is -2.16. The van der Waals surface area contributed by atoms with Crippen molar-refractivity contribution in [2.75, 3.05) is 5.32 Å². The van der Waals surface area contributed by atoms with Crippen molar-refractivity contribution < 1.29 is 0 Å². The zero-order valence-electron chi connectivity index (χ0n) is 9.17. The van der Waals surface area contributed by atoms with Gasteiger partial charge in [0.15, 0.2) is 0 Å². The van der Waals surface area contributed by atoms with Gasteiger partial charge in [0.05, 0.1) is 0 Å². The molecule has 2 heteroatoms. The van der Waals surface area contributed by atoms with Gasteiger partial charge in [0.2, 0.25) is 0 Å². The molecule has 0 aliphatic heterocycles. The minimum absolute atomic E-state index is 0.572. The van der Waals surface area contributed by atoms with Crippen LogP contribution in [0, 0.1) is 19.8 Å². The van der Waals surface area contributed by atoms with Gasteiger partial charge in [0, 0.05) is 12.2 Å². The molecule has 2 nitrogen and oxygen atoms in total. The van der Waals surface area contributed by atoms with E-state index in [2.05, 4.69) is 37.1 Å². The average Bonchev–Trinajstić information content (AvgIpc) is 2.95. The summed E-state index contributed by atoms with van der Waals surface area (Å²) in [6, 6.07) is 2.63. The lowest BCUT2D eigenvalue weighted by molar-refractivity contribution is 0.689. The SMILES string of the molecule is Cc1ccnc(NC(C)C2CC2)c1C. The molecule has 2 rings (SSSR count). The van der Waals surface area contributed by atoms with Crippen LogP contribution in [0.5, 0.6) is 0 Å². The highest BCUT2D eigenvalue weighted by molar-refractivity contribution is 5.47. The second-order valence-corrected chi connectivity index (χ2v) is 4.37. The average molecular weight is 190 g/mol. The monoisotopic (exact) mass is 190 g/mol. The van der Waals surface area contributed by atoms with Gasteiger partial charge in [0.1, 0.15) is 5.82 Å². The number of hydrogen-bond acceptors (Lipinski definition) is 2. The Morgan fingerprint density at radius 1 is 1.43 bits per heavy atom. The van der Waals surface area contributed by atoms with Gasteiger partial charge in [-0.15, -0.1) is 0 Å². The maximum absolute atomic E-state index is 4.38. The number of nitrogens with one attached hydrogen (secondary N) is 1. The molecular formula is C12H18N2. The molecule has 0 amide bonds. The van der Waals surface area contributed by atoms with Crippen molar-refractivity contribution >= 4 is 5.82 Å². The smallest absolute Gasteiger partial charge is 0.129 e. The van der Waals surface area contributed by atoms with E-state index in [-0.39, 0.29) is 0 Å². The van der Waals surface area contributed by atoms with Gasteiger partial charge >= 0.3 is 0 Å². The second-order valence-electron chi connectivity index (χ2n) is 4.37. The number of rotatable bonds is 3. The highest BCUT2D eigenvalue weighted by Crippen LogP contribution is 2.34. The Hall–Kier alpha value is -1.05. The quantitative estimate of drug-likeness (QED) is 0.792. The van der Waals surface area contributed by atoms with Crippen LogP contribution < -0.4 is 5.32 Å². The van der Waals surface area contributed by atoms with Crippen LogP contribution in [0.1, 0.15) is 30.9 Å². The van der Waals surface area contributed by atoms with E-state index in [0.717, 1.165) is 11.7 Å². The molecule has 76 valence electrons. The van der Waals surface area contributed by atoms with Gasteiger partial charge in [-0.2, -0.15) is 0 Å². The first-order valence-electron chi connectivity index (χ1n) is 5.37. The molecule has 0 bridgehead atoms. The Morgan fingerprint density at radius 3 is 2.79 bits per heavy atom. The molecule has 1 saturated carbocycles. The summed E-state index contributed by atoms with van der Waals surface area (Å²) < 4.78 is 0. The fraction of sp³-hybridized carbons (Fsp3) is 0.583. The first-order valence-corrected chi connectivity index (χ1v) is 5.37. The van der Waals surface area contributed by atoms with Crippen LogP contribution in [0.4, 0.5) is 5.82 Å². The van der Waals surface area contributed by atoms with Crippen molar-refractivity contribution in [1.82, 2.24) is 4.98 Å². The Kier molecular flexibility index (Phi) is 2.44. The summed E-state index contributed by atoms with van der Waals surface area (Å²) in [7, 11) is 0. The van der Waals surface area contributed by atoms with Crippen LogP contribution >= 0.6 is 0 Å². The molecule has 1 aromatic heterocycles. The molecule has 1 aliphatic rings. The summed E-state index contributed by atoms with van der Waals surface area (Å²) >= 11 is 0. The van der Waals surface area contributed by atoms with E-state index in [9.17, 15) is 0 Å². The number of aromatic nitrogens is 1. The van der Waals surface area contributed by atoms with Crippen molar-refractivity contribution in [3.05, 3.63) is 23.4 Å². The van der Waals surface area contributed by atoms with E-state index in [1.165, 1.54) is 24.0 Å². The van der Waals surface area contributed by atoms with Crippen LogP contribution in [-0.4, -0.2) is 11.0 Å². The number of pyridine rings is 1. The van der Waals surface area contributed by atoms with Crippen molar-refractivity contribution in [2.45, 2.75) is 39.7 Å². The largest absolute Gasteiger partial charge is 0.367 e. The Labute approximate surface area is 85.7 Å². The molecule has 1 N–H and O–H groups in total. The molecule has 1 heterocycles. The van der Waals surface area contributed by atoms with Crippen molar-refractivity contribution in [3.8, 4) is 0 Å². The number of hydrogen-bond donors (Lipinski definition) is 1. The van der Waals surface area contributed by atoms with Crippen LogP contribution in [0.3, 0.4) is 0 Å².